The molecule has 0 bridgehead atoms. The Labute approximate surface area is 249 Å². The minimum absolute atomic E-state index is 0.00911. The molecule has 0 radical (unpaired) electrons. The maximum Gasteiger partial charge on any atom is 0.182 e. The highest BCUT2D eigenvalue weighted by atomic mass is 16.5. The standard InChI is InChI=1S/C38H30O5/c39-21-23-42-35-19-7-12-27-29(35)14-5-17-33(27)38(34-18-6-15-30-28(34)13-8-20-36(30)43-24-22-40)32-16-4-3-10-26(32)25-9-1-2-11-31(25)37(38)41/h1-20,39-40H,21-24H2. The third-order valence-corrected chi connectivity index (χ3v) is 8.40. The van der Waals surface area contributed by atoms with E-state index in [4.69, 9.17) is 9.47 Å². The van der Waals surface area contributed by atoms with Gasteiger partial charge < -0.3 is 19.7 Å². The second-order valence-corrected chi connectivity index (χ2v) is 10.6. The molecule has 0 heterocycles. The average Bonchev–Trinajstić information content (AvgIpc) is 3.06. The first-order valence-electron chi connectivity index (χ1n) is 14.5. The van der Waals surface area contributed by atoms with Crippen molar-refractivity contribution in [3.63, 3.8) is 0 Å². The van der Waals surface area contributed by atoms with Crippen LogP contribution in [0.5, 0.6) is 11.5 Å². The molecule has 5 nitrogen and oxygen atoms in total. The van der Waals surface area contributed by atoms with E-state index in [-0.39, 0.29) is 32.2 Å². The van der Waals surface area contributed by atoms with Crippen LogP contribution in [0.2, 0.25) is 0 Å². The minimum Gasteiger partial charge on any atom is -0.491 e. The second-order valence-electron chi connectivity index (χ2n) is 10.6. The molecule has 212 valence electrons. The summed E-state index contributed by atoms with van der Waals surface area (Å²) in [4.78, 5) is 15.4. The van der Waals surface area contributed by atoms with E-state index in [1.807, 2.05) is 109 Å². The van der Waals surface area contributed by atoms with Gasteiger partial charge in [0.25, 0.3) is 0 Å². The van der Waals surface area contributed by atoms with Crippen molar-refractivity contribution in [2.45, 2.75) is 5.41 Å². The van der Waals surface area contributed by atoms with Crippen LogP contribution in [-0.2, 0) is 5.41 Å². The van der Waals surface area contributed by atoms with Gasteiger partial charge >= 0.3 is 0 Å². The van der Waals surface area contributed by atoms with Crippen LogP contribution in [0.3, 0.4) is 0 Å². The number of Topliss-reactive ketones (excluding diaryl/α,β-unsaturated/α-hetero) is 1. The summed E-state index contributed by atoms with van der Waals surface area (Å²) in [6, 6.07) is 39.8. The summed E-state index contributed by atoms with van der Waals surface area (Å²) < 4.78 is 11.9. The van der Waals surface area contributed by atoms with Gasteiger partial charge in [-0.1, -0.05) is 109 Å². The lowest BCUT2D eigenvalue weighted by atomic mass is 9.58. The molecule has 5 heteroatoms. The number of aliphatic hydroxyl groups is 2. The van der Waals surface area contributed by atoms with Crippen LogP contribution >= 0.6 is 0 Å². The maximum absolute atomic E-state index is 15.4. The molecule has 2 N–H and O–H groups in total. The fourth-order valence-corrected chi connectivity index (χ4v) is 6.74. The van der Waals surface area contributed by atoms with Crippen LogP contribution in [0.1, 0.15) is 27.0 Å². The normalized spacial score (nSPS) is 13.5. The molecule has 0 aliphatic heterocycles. The van der Waals surface area contributed by atoms with Gasteiger partial charge in [-0.3, -0.25) is 4.79 Å². The number of benzene rings is 6. The zero-order valence-corrected chi connectivity index (χ0v) is 23.5. The van der Waals surface area contributed by atoms with Gasteiger partial charge in [0.05, 0.1) is 13.2 Å². The van der Waals surface area contributed by atoms with Gasteiger partial charge in [-0.15, -0.1) is 0 Å². The predicted octanol–water partition coefficient (Wildman–Crippen LogP) is 6.93. The first-order chi connectivity index (χ1) is 21.2. The number of rotatable bonds is 8. The Hall–Kier alpha value is -4.97. The Kier molecular flexibility index (Phi) is 6.90. The Balaban J connectivity index is 1.64. The summed E-state index contributed by atoms with van der Waals surface area (Å²) in [5.74, 6) is 1.29. The van der Waals surface area contributed by atoms with Crippen molar-refractivity contribution >= 4 is 27.3 Å². The predicted molar refractivity (Wildman–Crippen MR) is 169 cm³/mol. The number of aliphatic hydroxyl groups excluding tert-OH is 2. The van der Waals surface area contributed by atoms with Gasteiger partial charge in [0.15, 0.2) is 5.78 Å². The molecule has 0 atom stereocenters. The number of fused-ring (bicyclic) bond motifs is 5. The lowest BCUT2D eigenvalue weighted by Gasteiger charge is -2.41. The first-order valence-corrected chi connectivity index (χ1v) is 14.5. The number of ketones is 1. The quantitative estimate of drug-likeness (QED) is 0.209. The third-order valence-electron chi connectivity index (χ3n) is 8.40. The maximum atomic E-state index is 15.4. The van der Waals surface area contributed by atoms with Gasteiger partial charge in [-0.05, 0) is 50.7 Å². The molecule has 1 aliphatic carbocycles. The Morgan fingerprint density at radius 2 is 0.907 bits per heavy atom. The largest absolute Gasteiger partial charge is 0.491 e. The van der Waals surface area contributed by atoms with Crippen molar-refractivity contribution in [3.8, 4) is 22.6 Å². The summed E-state index contributed by atoms with van der Waals surface area (Å²) in [6.07, 6.45) is 0. The van der Waals surface area contributed by atoms with Crippen LogP contribution in [-0.4, -0.2) is 42.4 Å². The van der Waals surface area contributed by atoms with Crippen molar-refractivity contribution in [1.29, 1.82) is 0 Å². The zero-order chi connectivity index (χ0) is 29.4. The molecule has 0 amide bonds. The van der Waals surface area contributed by atoms with E-state index in [0.717, 1.165) is 49.4 Å². The molecule has 0 spiro atoms. The highest BCUT2D eigenvalue weighted by Gasteiger charge is 2.50. The van der Waals surface area contributed by atoms with E-state index in [9.17, 15) is 10.2 Å². The summed E-state index contributed by atoms with van der Waals surface area (Å²) >= 11 is 0. The monoisotopic (exact) mass is 566 g/mol. The molecule has 0 saturated carbocycles. The third kappa shape index (κ3) is 4.12. The first kappa shape index (κ1) is 26.9. The number of hydrogen-bond acceptors (Lipinski definition) is 5. The Morgan fingerprint density at radius 3 is 1.47 bits per heavy atom. The van der Waals surface area contributed by atoms with Crippen LogP contribution in [0.4, 0.5) is 0 Å². The Bertz CT molecular complexity index is 1900. The molecule has 0 saturated heterocycles. The summed E-state index contributed by atoms with van der Waals surface area (Å²) in [7, 11) is 0. The van der Waals surface area contributed by atoms with Crippen LogP contribution in [0.25, 0.3) is 32.7 Å². The molecule has 0 fully saturated rings. The molecule has 6 aromatic carbocycles. The van der Waals surface area contributed by atoms with Gasteiger partial charge in [-0.2, -0.15) is 0 Å². The fraction of sp³-hybridized carbons (Fsp3) is 0.132. The van der Waals surface area contributed by atoms with E-state index >= 15 is 4.79 Å². The van der Waals surface area contributed by atoms with E-state index in [1.165, 1.54) is 0 Å². The van der Waals surface area contributed by atoms with Gasteiger partial charge in [0, 0.05) is 16.3 Å². The van der Waals surface area contributed by atoms with Gasteiger partial charge in [-0.25, -0.2) is 0 Å². The minimum atomic E-state index is -1.21. The second kappa shape index (κ2) is 11.0. The number of carbonyl (C=O) groups excluding carboxylic acids is 1. The summed E-state index contributed by atoms with van der Waals surface area (Å²) in [5, 5.41) is 22.5. The number of carbonyl (C=O) groups is 1. The zero-order valence-electron chi connectivity index (χ0n) is 23.5. The Morgan fingerprint density at radius 1 is 0.465 bits per heavy atom. The van der Waals surface area contributed by atoms with Crippen LogP contribution in [0, 0.1) is 0 Å². The van der Waals surface area contributed by atoms with E-state index < -0.39 is 5.41 Å². The lowest BCUT2D eigenvalue weighted by molar-refractivity contribution is 0.0934. The smallest absolute Gasteiger partial charge is 0.182 e. The molecule has 6 aromatic rings. The van der Waals surface area contributed by atoms with Gasteiger partial charge in [0.1, 0.15) is 30.1 Å². The summed E-state index contributed by atoms with van der Waals surface area (Å²) in [6.45, 7) is 0.145. The lowest BCUT2D eigenvalue weighted by Crippen LogP contribution is -2.42. The molecule has 0 unspecified atom stereocenters. The highest BCUT2D eigenvalue weighted by Crippen LogP contribution is 2.54. The van der Waals surface area contributed by atoms with Crippen molar-refractivity contribution < 1.29 is 24.5 Å². The van der Waals surface area contributed by atoms with Gasteiger partial charge in [0.2, 0.25) is 0 Å². The molecule has 1 aliphatic rings. The topological polar surface area (TPSA) is 76.0 Å². The SMILES string of the molecule is O=C1c2ccccc2-c2ccccc2C1(c1cccc2c(OCCO)cccc12)c1cccc2c(OCCO)cccc12. The van der Waals surface area contributed by atoms with E-state index in [0.29, 0.717) is 17.1 Å². The molecule has 43 heavy (non-hydrogen) atoms. The van der Waals surface area contributed by atoms with E-state index in [1.54, 1.807) is 0 Å². The molecular weight excluding hydrogens is 536 g/mol. The molecule has 7 rings (SSSR count). The molecular formula is C38H30O5. The van der Waals surface area contributed by atoms with E-state index in [2.05, 4.69) is 12.1 Å². The summed E-state index contributed by atoms with van der Waals surface area (Å²) in [5.41, 5.74) is 3.97. The van der Waals surface area contributed by atoms with Crippen LogP contribution in [0.15, 0.2) is 121 Å². The van der Waals surface area contributed by atoms with Crippen LogP contribution < -0.4 is 9.47 Å². The van der Waals surface area contributed by atoms with Crippen molar-refractivity contribution in [2.75, 3.05) is 26.4 Å². The number of hydrogen-bond donors (Lipinski definition) is 2. The van der Waals surface area contributed by atoms with Crippen molar-refractivity contribution in [2.24, 2.45) is 0 Å². The van der Waals surface area contributed by atoms with Crippen molar-refractivity contribution in [3.05, 3.63) is 144 Å². The number of ether oxygens (including phenoxy) is 2. The highest BCUT2D eigenvalue weighted by molar-refractivity contribution is 6.20. The average molecular weight is 567 g/mol. The van der Waals surface area contributed by atoms with Crippen molar-refractivity contribution in [1.82, 2.24) is 0 Å². The molecule has 0 aromatic heterocycles. The fourth-order valence-electron chi connectivity index (χ4n) is 6.74.